The van der Waals surface area contributed by atoms with E-state index in [1.54, 1.807) is 19.2 Å². The normalized spacial score (nSPS) is 10.8. The number of rotatable bonds is 6. The van der Waals surface area contributed by atoms with E-state index in [0.717, 1.165) is 5.56 Å². The monoisotopic (exact) mass is 540 g/mol. The summed E-state index contributed by atoms with van der Waals surface area (Å²) in [6, 6.07) is 12.0. The maximum absolute atomic E-state index is 12.6. The lowest BCUT2D eigenvalue weighted by Gasteiger charge is -2.16. The van der Waals surface area contributed by atoms with Gasteiger partial charge in [0, 0.05) is 30.7 Å². The van der Waals surface area contributed by atoms with Gasteiger partial charge in [-0.2, -0.15) is 14.0 Å². The Balaban J connectivity index is 0.00000392. The molecule has 0 radical (unpaired) electrons. The number of nitriles is 1. The number of hydrogen-bond acceptors (Lipinski definition) is 3. The Labute approximate surface area is 188 Å². The zero-order valence-corrected chi connectivity index (χ0v) is 18.5. The minimum atomic E-state index is -3.00. The average molecular weight is 541 g/mol. The molecule has 0 spiro atoms. The van der Waals surface area contributed by atoms with E-state index >= 15 is 0 Å². The van der Waals surface area contributed by atoms with Gasteiger partial charge >= 0.3 is 6.61 Å². The van der Waals surface area contributed by atoms with Crippen molar-refractivity contribution in [2.75, 3.05) is 7.05 Å². The van der Waals surface area contributed by atoms with Gasteiger partial charge in [-0.05, 0) is 29.8 Å². The van der Waals surface area contributed by atoms with Crippen LogP contribution >= 0.6 is 47.2 Å². The molecule has 0 unspecified atom stereocenters. The lowest BCUT2D eigenvalue weighted by atomic mass is 10.1. The van der Waals surface area contributed by atoms with Crippen molar-refractivity contribution in [2.45, 2.75) is 19.7 Å². The molecule has 0 aliphatic rings. The minimum absolute atomic E-state index is 0. The molecule has 0 saturated heterocycles. The van der Waals surface area contributed by atoms with Crippen LogP contribution in [0.4, 0.5) is 8.78 Å². The molecular formula is C18H17Cl2F2IN4O. The number of hydrogen-bond donors (Lipinski definition) is 2. The highest BCUT2D eigenvalue weighted by Crippen LogP contribution is 2.33. The van der Waals surface area contributed by atoms with Crippen LogP contribution in [0, 0.1) is 11.3 Å². The van der Waals surface area contributed by atoms with Crippen LogP contribution in [0.3, 0.4) is 0 Å². The maximum Gasteiger partial charge on any atom is 0.387 e. The maximum atomic E-state index is 12.6. The van der Waals surface area contributed by atoms with Gasteiger partial charge in [0.2, 0.25) is 0 Å². The lowest BCUT2D eigenvalue weighted by molar-refractivity contribution is -0.0504. The summed E-state index contributed by atoms with van der Waals surface area (Å²) >= 11 is 11.9. The summed E-state index contributed by atoms with van der Waals surface area (Å²) in [5.41, 5.74) is 1.89. The zero-order valence-electron chi connectivity index (χ0n) is 14.7. The van der Waals surface area contributed by atoms with E-state index in [-0.39, 0.29) is 41.3 Å². The number of ether oxygens (including phenoxy) is 1. The van der Waals surface area contributed by atoms with E-state index in [4.69, 9.17) is 28.5 Å². The van der Waals surface area contributed by atoms with E-state index in [0.29, 0.717) is 28.7 Å². The first-order chi connectivity index (χ1) is 12.9. The fourth-order valence-corrected chi connectivity index (χ4v) is 2.83. The van der Waals surface area contributed by atoms with Crippen LogP contribution in [0.15, 0.2) is 41.4 Å². The Bertz CT molecular complexity index is 858. The molecular weight excluding hydrogens is 524 g/mol. The summed E-state index contributed by atoms with van der Waals surface area (Å²) in [6.45, 7) is -2.42. The molecule has 2 aromatic rings. The van der Waals surface area contributed by atoms with Gasteiger partial charge < -0.3 is 15.4 Å². The molecule has 28 heavy (non-hydrogen) atoms. The Morgan fingerprint density at radius 1 is 1.18 bits per heavy atom. The largest absolute Gasteiger partial charge is 0.433 e. The Morgan fingerprint density at radius 2 is 1.82 bits per heavy atom. The van der Waals surface area contributed by atoms with Crippen molar-refractivity contribution in [1.82, 2.24) is 10.6 Å². The van der Waals surface area contributed by atoms with Gasteiger partial charge in [-0.15, -0.1) is 24.0 Å². The standard InChI is InChI=1S/C18H16Cl2F2N4O.HI/c1-24-18(25-9-12-4-2-11(8-23)3-5-12)26-10-13-6-14(19)7-15(20)16(13)27-17(21)22;/h2-7,17H,9-10H2,1H3,(H2,24,25,26);1H. The second kappa shape index (κ2) is 11.9. The van der Waals surface area contributed by atoms with E-state index in [1.807, 2.05) is 12.1 Å². The Hall–Kier alpha value is -1.83. The highest BCUT2D eigenvalue weighted by atomic mass is 127. The third kappa shape index (κ3) is 7.30. The van der Waals surface area contributed by atoms with Crippen molar-refractivity contribution in [3.8, 4) is 11.8 Å². The minimum Gasteiger partial charge on any atom is -0.433 e. The summed E-state index contributed by atoms with van der Waals surface area (Å²) in [5.74, 6) is 0.310. The summed E-state index contributed by atoms with van der Waals surface area (Å²) in [5, 5.41) is 15.2. The van der Waals surface area contributed by atoms with E-state index < -0.39 is 6.61 Å². The van der Waals surface area contributed by atoms with Gasteiger partial charge in [-0.25, -0.2) is 0 Å². The van der Waals surface area contributed by atoms with Crippen LogP contribution in [-0.2, 0) is 13.1 Å². The first-order valence-electron chi connectivity index (χ1n) is 7.79. The predicted molar refractivity (Wildman–Crippen MR) is 117 cm³/mol. The van der Waals surface area contributed by atoms with Crippen molar-refractivity contribution in [1.29, 1.82) is 5.26 Å². The molecule has 0 bridgehead atoms. The molecule has 0 atom stereocenters. The molecule has 0 fully saturated rings. The number of alkyl halides is 2. The number of benzene rings is 2. The molecule has 0 aliphatic carbocycles. The molecule has 0 saturated carbocycles. The zero-order chi connectivity index (χ0) is 19.8. The molecule has 5 nitrogen and oxygen atoms in total. The quantitative estimate of drug-likeness (QED) is 0.309. The topological polar surface area (TPSA) is 69.4 Å². The third-order valence-electron chi connectivity index (χ3n) is 3.51. The highest BCUT2D eigenvalue weighted by molar-refractivity contribution is 14.0. The second-order valence-electron chi connectivity index (χ2n) is 5.34. The Morgan fingerprint density at radius 3 is 2.39 bits per heavy atom. The molecule has 2 N–H and O–H groups in total. The van der Waals surface area contributed by atoms with Gasteiger partial charge in [0.05, 0.1) is 16.7 Å². The van der Waals surface area contributed by atoms with E-state index in [1.165, 1.54) is 12.1 Å². The summed E-state index contributed by atoms with van der Waals surface area (Å²) in [6.07, 6.45) is 0. The van der Waals surface area contributed by atoms with Crippen LogP contribution in [-0.4, -0.2) is 19.6 Å². The van der Waals surface area contributed by atoms with E-state index in [9.17, 15) is 8.78 Å². The first kappa shape index (κ1) is 24.2. The number of guanidine groups is 1. The van der Waals surface area contributed by atoms with Crippen LogP contribution < -0.4 is 15.4 Å². The van der Waals surface area contributed by atoms with Gasteiger partial charge in [0.1, 0.15) is 5.75 Å². The van der Waals surface area contributed by atoms with Gasteiger partial charge in [-0.1, -0.05) is 35.3 Å². The molecule has 0 amide bonds. The summed E-state index contributed by atoms with van der Waals surface area (Å²) in [4.78, 5) is 4.07. The molecule has 0 aliphatic heterocycles. The molecule has 10 heteroatoms. The lowest BCUT2D eigenvalue weighted by Crippen LogP contribution is -2.36. The van der Waals surface area contributed by atoms with Crippen LogP contribution in [0.1, 0.15) is 16.7 Å². The van der Waals surface area contributed by atoms with Gasteiger partial charge in [0.15, 0.2) is 5.96 Å². The molecule has 0 heterocycles. The smallest absolute Gasteiger partial charge is 0.387 e. The van der Waals surface area contributed by atoms with Crippen LogP contribution in [0.5, 0.6) is 5.75 Å². The highest BCUT2D eigenvalue weighted by Gasteiger charge is 2.15. The number of nitrogens with one attached hydrogen (secondary N) is 2. The Kier molecular flexibility index (Phi) is 10.3. The van der Waals surface area contributed by atoms with Crippen LogP contribution in [0.2, 0.25) is 10.0 Å². The average Bonchev–Trinajstić information content (AvgIpc) is 2.64. The third-order valence-corrected chi connectivity index (χ3v) is 4.00. The fraction of sp³-hybridized carbons (Fsp3) is 0.222. The molecule has 2 aromatic carbocycles. The first-order valence-corrected chi connectivity index (χ1v) is 8.54. The van der Waals surface area contributed by atoms with Crippen LogP contribution in [0.25, 0.3) is 0 Å². The second-order valence-corrected chi connectivity index (χ2v) is 6.19. The molecule has 150 valence electrons. The SMILES string of the molecule is CN=C(NCc1ccc(C#N)cc1)NCc1cc(Cl)cc(Cl)c1OC(F)F.I. The molecule has 2 rings (SSSR count). The van der Waals surface area contributed by atoms with Crippen molar-refractivity contribution >= 4 is 53.1 Å². The van der Waals surface area contributed by atoms with E-state index in [2.05, 4.69) is 26.4 Å². The summed E-state index contributed by atoms with van der Waals surface area (Å²) in [7, 11) is 1.58. The van der Waals surface area contributed by atoms with Crippen molar-refractivity contribution < 1.29 is 13.5 Å². The van der Waals surface area contributed by atoms with Gasteiger partial charge in [-0.3, -0.25) is 4.99 Å². The van der Waals surface area contributed by atoms with Gasteiger partial charge in [0.25, 0.3) is 0 Å². The predicted octanol–water partition coefficient (Wildman–Crippen LogP) is 4.95. The molecule has 0 aromatic heterocycles. The fourth-order valence-electron chi connectivity index (χ4n) is 2.25. The number of halogens is 5. The van der Waals surface area contributed by atoms with Crippen molar-refractivity contribution in [2.24, 2.45) is 4.99 Å². The van der Waals surface area contributed by atoms with Crippen molar-refractivity contribution in [3.05, 3.63) is 63.1 Å². The summed E-state index contributed by atoms with van der Waals surface area (Å²) < 4.78 is 29.7. The number of aliphatic imine (C=N–C) groups is 1. The number of nitrogens with zero attached hydrogens (tertiary/aromatic N) is 2. The van der Waals surface area contributed by atoms with Crippen molar-refractivity contribution in [3.63, 3.8) is 0 Å².